The van der Waals surface area contributed by atoms with Gasteiger partial charge in [-0.25, -0.2) is 8.42 Å². The first-order valence-corrected chi connectivity index (χ1v) is 8.20. The number of hydrogen-bond donors (Lipinski definition) is 2. The third kappa shape index (κ3) is 3.08. The van der Waals surface area contributed by atoms with Crippen LogP contribution < -0.4 is 5.73 Å². The van der Waals surface area contributed by atoms with E-state index in [1.165, 1.54) is 7.11 Å². The zero-order valence-corrected chi connectivity index (χ0v) is 12.7. The van der Waals surface area contributed by atoms with Crippen molar-refractivity contribution in [1.82, 2.24) is 4.98 Å². The highest BCUT2D eigenvalue weighted by atomic mass is 32.2. The Bertz CT molecular complexity index is 764. The molecular formula is C14H18N2O4S. The SMILES string of the molecule is CCS(=O)(=O)c1ccc2[nH]cc(CC(N)C(=O)OC)c2c1. The van der Waals surface area contributed by atoms with E-state index in [1.807, 2.05) is 0 Å². The molecule has 0 aliphatic carbocycles. The van der Waals surface area contributed by atoms with Crippen molar-refractivity contribution < 1.29 is 17.9 Å². The second kappa shape index (κ2) is 5.87. The van der Waals surface area contributed by atoms with Crippen LogP contribution in [0.25, 0.3) is 10.9 Å². The van der Waals surface area contributed by atoms with Crippen LogP contribution in [0.4, 0.5) is 0 Å². The number of nitrogens with two attached hydrogens (primary N) is 1. The zero-order chi connectivity index (χ0) is 15.6. The summed E-state index contributed by atoms with van der Waals surface area (Å²) in [5.74, 6) is -0.457. The molecule has 7 heteroatoms. The van der Waals surface area contributed by atoms with E-state index in [9.17, 15) is 13.2 Å². The number of H-pyrrole nitrogens is 1. The molecule has 2 rings (SSSR count). The molecule has 0 radical (unpaired) electrons. The van der Waals surface area contributed by atoms with Crippen molar-refractivity contribution in [2.45, 2.75) is 24.3 Å². The fourth-order valence-electron chi connectivity index (χ4n) is 2.16. The molecule has 0 amide bonds. The van der Waals surface area contributed by atoms with Crippen LogP contribution in [0, 0.1) is 0 Å². The van der Waals surface area contributed by atoms with Gasteiger partial charge in [0.05, 0.1) is 17.8 Å². The maximum atomic E-state index is 11.9. The van der Waals surface area contributed by atoms with Gasteiger partial charge in [0.15, 0.2) is 9.84 Å². The second-order valence-electron chi connectivity index (χ2n) is 4.76. The molecule has 1 aromatic heterocycles. The summed E-state index contributed by atoms with van der Waals surface area (Å²) in [4.78, 5) is 14.7. The molecule has 0 aliphatic heterocycles. The lowest BCUT2D eigenvalue weighted by Crippen LogP contribution is -2.33. The molecular weight excluding hydrogens is 292 g/mol. The number of nitrogens with one attached hydrogen (secondary N) is 1. The van der Waals surface area contributed by atoms with E-state index in [-0.39, 0.29) is 17.1 Å². The summed E-state index contributed by atoms with van der Waals surface area (Å²) in [6, 6.07) is 4.12. The molecule has 3 N–H and O–H groups in total. The van der Waals surface area contributed by atoms with Crippen LogP contribution in [0.1, 0.15) is 12.5 Å². The van der Waals surface area contributed by atoms with Gasteiger partial charge in [-0.15, -0.1) is 0 Å². The van der Waals surface area contributed by atoms with E-state index < -0.39 is 21.8 Å². The van der Waals surface area contributed by atoms with Gasteiger partial charge in [0.2, 0.25) is 0 Å². The van der Waals surface area contributed by atoms with Crippen molar-refractivity contribution in [3.05, 3.63) is 30.0 Å². The lowest BCUT2D eigenvalue weighted by Gasteiger charge is -2.08. The van der Waals surface area contributed by atoms with Crippen LogP contribution in [0.15, 0.2) is 29.3 Å². The second-order valence-corrected chi connectivity index (χ2v) is 7.04. The Balaban J connectivity index is 2.42. The fraction of sp³-hybridized carbons (Fsp3) is 0.357. The van der Waals surface area contributed by atoms with E-state index in [0.29, 0.717) is 0 Å². The number of hydrogen-bond acceptors (Lipinski definition) is 5. The van der Waals surface area contributed by atoms with E-state index in [1.54, 1.807) is 31.3 Å². The van der Waals surface area contributed by atoms with Crippen molar-refractivity contribution in [3.63, 3.8) is 0 Å². The van der Waals surface area contributed by atoms with Crippen molar-refractivity contribution in [2.24, 2.45) is 5.73 Å². The average Bonchev–Trinajstić information content (AvgIpc) is 2.88. The molecule has 0 saturated carbocycles. The summed E-state index contributed by atoms with van der Waals surface area (Å²) in [5, 5.41) is 0.754. The number of rotatable bonds is 5. The van der Waals surface area contributed by atoms with Crippen LogP contribution in [-0.2, 0) is 25.8 Å². The first-order valence-electron chi connectivity index (χ1n) is 6.55. The van der Waals surface area contributed by atoms with Crippen LogP contribution in [-0.4, -0.2) is 38.3 Å². The molecule has 6 nitrogen and oxygen atoms in total. The van der Waals surface area contributed by atoms with Gasteiger partial charge < -0.3 is 15.5 Å². The number of carbonyl (C=O) groups excluding carboxylic acids is 1. The van der Waals surface area contributed by atoms with Crippen LogP contribution >= 0.6 is 0 Å². The number of aromatic nitrogens is 1. The number of benzene rings is 1. The maximum absolute atomic E-state index is 11.9. The minimum absolute atomic E-state index is 0.0416. The number of methoxy groups -OCH3 is 1. The van der Waals surface area contributed by atoms with Crippen LogP contribution in [0.2, 0.25) is 0 Å². The smallest absolute Gasteiger partial charge is 0.322 e. The van der Waals surface area contributed by atoms with E-state index in [0.717, 1.165) is 16.5 Å². The largest absolute Gasteiger partial charge is 0.468 e. The Morgan fingerprint density at radius 2 is 2.14 bits per heavy atom. The normalized spacial score (nSPS) is 13.3. The fourth-order valence-corrected chi connectivity index (χ4v) is 3.06. The van der Waals surface area contributed by atoms with Gasteiger partial charge in [0.25, 0.3) is 0 Å². The zero-order valence-electron chi connectivity index (χ0n) is 11.9. The summed E-state index contributed by atoms with van der Waals surface area (Å²) in [6.45, 7) is 1.60. The van der Waals surface area contributed by atoms with E-state index in [2.05, 4.69) is 9.72 Å². The highest BCUT2D eigenvalue weighted by Gasteiger charge is 2.18. The van der Waals surface area contributed by atoms with Gasteiger partial charge in [-0.3, -0.25) is 4.79 Å². The van der Waals surface area contributed by atoms with Crippen molar-refractivity contribution >= 4 is 26.7 Å². The quantitative estimate of drug-likeness (QED) is 0.802. The van der Waals surface area contributed by atoms with Gasteiger partial charge in [0, 0.05) is 23.5 Å². The first-order chi connectivity index (χ1) is 9.89. The monoisotopic (exact) mass is 310 g/mol. The standard InChI is InChI=1S/C14H18N2O4S/c1-3-21(18,19)10-4-5-13-11(7-10)9(8-16-13)6-12(15)14(17)20-2/h4-5,7-8,12,16H,3,6,15H2,1-2H3. The Morgan fingerprint density at radius 1 is 1.43 bits per heavy atom. The molecule has 0 spiro atoms. The number of fused-ring (bicyclic) bond motifs is 1. The molecule has 1 heterocycles. The lowest BCUT2D eigenvalue weighted by atomic mass is 10.1. The first kappa shape index (κ1) is 15.5. The molecule has 2 aromatic rings. The third-order valence-electron chi connectivity index (χ3n) is 3.42. The minimum atomic E-state index is -3.27. The summed E-state index contributed by atoms with van der Waals surface area (Å²) in [6.07, 6.45) is 2.01. The molecule has 0 bridgehead atoms. The molecule has 0 fully saturated rings. The van der Waals surface area contributed by atoms with Crippen molar-refractivity contribution in [3.8, 4) is 0 Å². The number of sulfone groups is 1. The Hall–Kier alpha value is -1.86. The van der Waals surface area contributed by atoms with Crippen LogP contribution in [0.5, 0.6) is 0 Å². The summed E-state index contributed by atoms with van der Waals surface area (Å²) in [7, 11) is -1.99. The summed E-state index contributed by atoms with van der Waals surface area (Å²) in [5.41, 5.74) is 7.34. The molecule has 1 unspecified atom stereocenters. The van der Waals surface area contributed by atoms with Gasteiger partial charge in [0.1, 0.15) is 6.04 Å². The van der Waals surface area contributed by atoms with E-state index in [4.69, 9.17) is 5.73 Å². The molecule has 21 heavy (non-hydrogen) atoms. The molecule has 1 aromatic carbocycles. The number of aromatic amines is 1. The number of esters is 1. The molecule has 0 saturated heterocycles. The Kier molecular flexibility index (Phi) is 4.34. The van der Waals surface area contributed by atoms with Gasteiger partial charge in [-0.05, 0) is 23.8 Å². The Labute approximate surface area is 123 Å². The van der Waals surface area contributed by atoms with Crippen molar-refractivity contribution in [1.29, 1.82) is 0 Å². The van der Waals surface area contributed by atoms with Crippen LogP contribution in [0.3, 0.4) is 0 Å². The lowest BCUT2D eigenvalue weighted by molar-refractivity contribution is -0.142. The van der Waals surface area contributed by atoms with Gasteiger partial charge in [-0.2, -0.15) is 0 Å². The summed E-state index contributed by atoms with van der Waals surface area (Å²) < 4.78 is 28.5. The maximum Gasteiger partial charge on any atom is 0.322 e. The molecule has 0 aliphatic rings. The number of carbonyl (C=O) groups is 1. The predicted octanol–water partition coefficient (Wildman–Crippen LogP) is 1.00. The van der Waals surface area contributed by atoms with Gasteiger partial charge in [-0.1, -0.05) is 6.92 Å². The van der Waals surface area contributed by atoms with E-state index >= 15 is 0 Å². The molecule has 1 atom stereocenters. The topological polar surface area (TPSA) is 102 Å². The highest BCUT2D eigenvalue weighted by Crippen LogP contribution is 2.23. The third-order valence-corrected chi connectivity index (χ3v) is 5.15. The number of ether oxygens (including phenoxy) is 1. The summed E-state index contributed by atoms with van der Waals surface area (Å²) >= 11 is 0. The Morgan fingerprint density at radius 3 is 2.76 bits per heavy atom. The highest BCUT2D eigenvalue weighted by molar-refractivity contribution is 7.91. The minimum Gasteiger partial charge on any atom is -0.468 e. The molecule has 114 valence electrons. The predicted molar refractivity (Wildman–Crippen MR) is 79.7 cm³/mol. The van der Waals surface area contributed by atoms with Crippen molar-refractivity contribution in [2.75, 3.05) is 12.9 Å². The van der Waals surface area contributed by atoms with Gasteiger partial charge >= 0.3 is 5.97 Å². The average molecular weight is 310 g/mol.